The average Bonchev–Trinajstić information content (AvgIpc) is 3.19. The molecule has 4 N–H and O–H groups in total. The van der Waals surface area contributed by atoms with E-state index in [0.29, 0.717) is 73.8 Å². The minimum absolute atomic E-state index is 0.111. The summed E-state index contributed by atoms with van der Waals surface area (Å²) in [7, 11) is -3.79. The number of nitrogens with one attached hydrogen (secondary N) is 2. The van der Waals surface area contributed by atoms with E-state index in [9.17, 15) is 18.4 Å². The van der Waals surface area contributed by atoms with E-state index in [2.05, 4.69) is 20.8 Å². The molecule has 39 heavy (non-hydrogen) atoms. The van der Waals surface area contributed by atoms with Crippen LogP contribution >= 0.6 is 0 Å². The first-order chi connectivity index (χ1) is 18.8. The van der Waals surface area contributed by atoms with Gasteiger partial charge in [-0.05, 0) is 50.5 Å². The fraction of sp³-hybridized carbons (Fsp3) is 0.538. The number of hydrogen-bond donors (Lipinski definition) is 4. The van der Waals surface area contributed by atoms with Gasteiger partial charge in [-0.25, -0.2) is 8.42 Å². The molecule has 3 heterocycles. The molecule has 4 rings (SSSR count). The van der Waals surface area contributed by atoms with Crippen LogP contribution in [0.4, 0.5) is 0 Å². The average molecular weight is 563 g/mol. The minimum Gasteiger partial charge on any atom is -0.493 e. The van der Waals surface area contributed by atoms with Gasteiger partial charge in [-0.15, -0.1) is 0 Å². The largest absolute Gasteiger partial charge is 0.493 e. The topological polar surface area (TPSA) is 149 Å². The Labute approximate surface area is 229 Å². The van der Waals surface area contributed by atoms with Crippen molar-refractivity contribution in [3.63, 3.8) is 0 Å². The van der Waals surface area contributed by atoms with Crippen molar-refractivity contribution in [1.82, 2.24) is 19.2 Å². The summed E-state index contributed by atoms with van der Waals surface area (Å²) in [6.45, 7) is 8.77. The zero-order valence-electron chi connectivity index (χ0n) is 22.7. The number of sulfonamides is 1. The number of aromatic nitrogens is 1. The number of oxime groups is 1. The van der Waals surface area contributed by atoms with Gasteiger partial charge in [0, 0.05) is 56.2 Å². The standard InChI is InChI=1S/C26H38N6O6S/c1-4-7-22-21(17-27-35)18(3)24-26(34)28-25(29-32(22)24)20-16-19(8-9-23(20)38-5-2)39(36,37)31-13-11-30(12-14-31)10-6-15-33/h8-9,16-17,25,29,33,35H,4-7,10-15H2,1-3H3,(H,28,34)/b27-17+. The highest BCUT2D eigenvalue weighted by Crippen LogP contribution is 2.33. The van der Waals surface area contributed by atoms with Gasteiger partial charge in [0.15, 0.2) is 0 Å². The van der Waals surface area contributed by atoms with Crippen LogP contribution in [0.25, 0.3) is 0 Å². The van der Waals surface area contributed by atoms with Gasteiger partial charge in [0.1, 0.15) is 17.6 Å². The van der Waals surface area contributed by atoms with Crippen LogP contribution in [0.3, 0.4) is 0 Å². The Morgan fingerprint density at radius 1 is 1.21 bits per heavy atom. The first-order valence-electron chi connectivity index (χ1n) is 13.4. The Bertz CT molecular complexity index is 1320. The summed E-state index contributed by atoms with van der Waals surface area (Å²) in [6, 6.07) is 4.73. The number of piperazine rings is 1. The van der Waals surface area contributed by atoms with Gasteiger partial charge in [-0.3, -0.25) is 14.9 Å². The molecule has 1 aromatic heterocycles. The number of aliphatic hydroxyl groups is 1. The number of nitrogens with zero attached hydrogens (tertiary/aromatic N) is 4. The summed E-state index contributed by atoms with van der Waals surface area (Å²) in [5, 5.41) is 24.4. The molecule has 0 spiro atoms. The minimum atomic E-state index is -3.79. The van der Waals surface area contributed by atoms with Crippen molar-refractivity contribution in [1.29, 1.82) is 0 Å². The molecule has 2 aliphatic rings. The lowest BCUT2D eigenvalue weighted by Gasteiger charge is -2.34. The molecule has 214 valence electrons. The fourth-order valence-electron chi connectivity index (χ4n) is 5.24. The number of aliphatic hydroxyl groups excluding tert-OH is 1. The maximum atomic E-state index is 13.6. The smallest absolute Gasteiger partial charge is 0.272 e. The van der Waals surface area contributed by atoms with Gasteiger partial charge in [0.2, 0.25) is 10.0 Å². The molecule has 1 amide bonds. The Balaban J connectivity index is 1.68. The van der Waals surface area contributed by atoms with Crippen LogP contribution in [0.5, 0.6) is 5.75 Å². The second kappa shape index (κ2) is 12.4. The van der Waals surface area contributed by atoms with Crippen molar-refractivity contribution >= 4 is 22.1 Å². The monoisotopic (exact) mass is 562 g/mol. The highest BCUT2D eigenvalue weighted by atomic mass is 32.2. The van der Waals surface area contributed by atoms with Gasteiger partial charge >= 0.3 is 0 Å². The number of carbonyl (C=O) groups is 1. The summed E-state index contributed by atoms with van der Waals surface area (Å²) in [5.41, 5.74) is 6.36. The molecular weight excluding hydrogens is 524 g/mol. The quantitative estimate of drug-likeness (QED) is 0.183. The summed E-state index contributed by atoms with van der Waals surface area (Å²) in [4.78, 5) is 15.6. The number of benzene rings is 1. The molecular formula is C26H38N6O6S. The Morgan fingerprint density at radius 2 is 1.95 bits per heavy atom. The summed E-state index contributed by atoms with van der Waals surface area (Å²) < 4.78 is 36.2. The highest BCUT2D eigenvalue weighted by Gasteiger charge is 2.34. The molecule has 13 heteroatoms. The van der Waals surface area contributed by atoms with E-state index in [-0.39, 0.29) is 17.4 Å². The molecule has 2 aromatic rings. The molecule has 12 nitrogen and oxygen atoms in total. The Kier molecular flexibility index (Phi) is 9.15. The number of rotatable bonds is 11. The van der Waals surface area contributed by atoms with Crippen LogP contribution in [0.1, 0.15) is 65.7 Å². The van der Waals surface area contributed by atoms with E-state index in [4.69, 9.17) is 9.84 Å². The molecule has 0 aliphatic carbocycles. The third kappa shape index (κ3) is 5.76. The van der Waals surface area contributed by atoms with Crippen molar-refractivity contribution in [2.24, 2.45) is 5.16 Å². The molecule has 0 saturated carbocycles. The zero-order valence-corrected chi connectivity index (χ0v) is 23.5. The van der Waals surface area contributed by atoms with E-state index >= 15 is 0 Å². The Hall–Kier alpha value is -3.13. The normalized spacial score (nSPS) is 18.7. The van der Waals surface area contributed by atoms with E-state index in [1.165, 1.54) is 16.6 Å². The predicted octanol–water partition coefficient (Wildman–Crippen LogP) is 1.63. The maximum Gasteiger partial charge on any atom is 0.272 e. The molecule has 1 fully saturated rings. The number of ether oxygens (including phenoxy) is 1. The first-order valence-corrected chi connectivity index (χ1v) is 14.8. The van der Waals surface area contributed by atoms with Crippen molar-refractivity contribution in [2.75, 3.05) is 51.4 Å². The molecule has 0 radical (unpaired) electrons. The van der Waals surface area contributed by atoms with Gasteiger partial charge in [-0.2, -0.15) is 4.31 Å². The highest BCUT2D eigenvalue weighted by molar-refractivity contribution is 7.89. The van der Waals surface area contributed by atoms with Crippen LogP contribution in [0.2, 0.25) is 0 Å². The van der Waals surface area contributed by atoms with E-state index < -0.39 is 16.2 Å². The van der Waals surface area contributed by atoms with Crippen LogP contribution < -0.4 is 15.5 Å². The zero-order chi connectivity index (χ0) is 28.2. The van der Waals surface area contributed by atoms with Crippen LogP contribution in [-0.4, -0.2) is 90.7 Å². The lowest BCUT2D eigenvalue weighted by Crippen LogP contribution is -2.49. The second-order valence-electron chi connectivity index (χ2n) is 9.66. The number of amides is 1. The van der Waals surface area contributed by atoms with Crippen LogP contribution in [-0.2, 0) is 16.4 Å². The van der Waals surface area contributed by atoms with Crippen molar-refractivity contribution in [3.8, 4) is 5.75 Å². The third-order valence-electron chi connectivity index (χ3n) is 7.18. The van der Waals surface area contributed by atoms with Crippen LogP contribution in [0.15, 0.2) is 28.3 Å². The molecule has 1 saturated heterocycles. The van der Waals surface area contributed by atoms with Gasteiger partial charge in [-0.1, -0.05) is 18.5 Å². The number of carbonyl (C=O) groups excluding carboxylic acids is 1. The molecule has 2 aliphatic heterocycles. The fourth-order valence-corrected chi connectivity index (χ4v) is 6.70. The van der Waals surface area contributed by atoms with Crippen molar-refractivity contribution in [3.05, 3.63) is 46.3 Å². The molecule has 1 atom stereocenters. The summed E-state index contributed by atoms with van der Waals surface area (Å²) >= 11 is 0. The number of fused-ring (bicyclic) bond motifs is 1. The maximum absolute atomic E-state index is 13.6. The van der Waals surface area contributed by atoms with Gasteiger partial charge in [0.25, 0.3) is 5.91 Å². The summed E-state index contributed by atoms with van der Waals surface area (Å²) in [6.07, 6.45) is 2.66. The SMILES string of the molecule is CCCc1c(/C=N/O)c(C)c2n1NC(c1cc(S(=O)(=O)N3CCN(CCCO)CC3)ccc1OCC)NC2=O. The van der Waals surface area contributed by atoms with Crippen LogP contribution in [0, 0.1) is 6.92 Å². The lowest BCUT2D eigenvalue weighted by atomic mass is 10.1. The lowest BCUT2D eigenvalue weighted by molar-refractivity contribution is 0.0913. The third-order valence-corrected chi connectivity index (χ3v) is 9.07. The van der Waals surface area contributed by atoms with Gasteiger partial charge < -0.3 is 25.3 Å². The van der Waals surface area contributed by atoms with E-state index in [1.54, 1.807) is 23.7 Å². The predicted molar refractivity (Wildman–Crippen MR) is 147 cm³/mol. The molecule has 1 aromatic carbocycles. The summed E-state index contributed by atoms with van der Waals surface area (Å²) in [5.74, 6) is 0.130. The van der Waals surface area contributed by atoms with E-state index in [1.807, 2.05) is 13.8 Å². The molecule has 1 unspecified atom stereocenters. The van der Waals surface area contributed by atoms with Crippen molar-refractivity contribution in [2.45, 2.75) is 51.1 Å². The van der Waals surface area contributed by atoms with E-state index in [0.717, 1.165) is 18.7 Å². The number of hydrogen-bond acceptors (Lipinski definition) is 9. The second-order valence-corrected chi connectivity index (χ2v) is 11.6. The van der Waals surface area contributed by atoms with Crippen molar-refractivity contribution < 1.29 is 28.3 Å². The molecule has 0 bridgehead atoms. The first kappa shape index (κ1) is 28.9. The van der Waals surface area contributed by atoms with Gasteiger partial charge in [0.05, 0.1) is 17.7 Å². The Morgan fingerprint density at radius 3 is 2.59 bits per heavy atom.